The first-order chi connectivity index (χ1) is 12.7. The normalized spacial score (nSPS) is 15.1. The van der Waals surface area contributed by atoms with Gasteiger partial charge in [0, 0.05) is 0 Å². The van der Waals surface area contributed by atoms with Gasteiger partial charge in [0.1, 0.15) is 11.4 Å². The summed E-state index contributed by atoms with van der Waals surface area (Å²) in [6, 6.07) is 0. The van der Waals surface area contributed by atoms with E-state index in [1.165, 1.54) is 0 Å². The van der Waals surface area contributed by atoms with Gasteiger partial charge in [-0.3, -0.25) is 0 Å². The van der Waals surface area contributed by atoms with E-state index < -0.39 is 16.6 Å². The smallest absolute Gasteiger partial charge is 0.198 e. The molecule has 152 valence electrons. The zero-order valence-corrected chi connectivity index (χ0v) is 19.1. The molecule has 0 amide bonds. The van der Waals surface area contributed by atoms with Crippen LogP contribution in [-0.4, -0.2) is 56.8 Å². The van der Waals surface area contributed by atoms with E-state index >= 15 is 0 Å². The molecule has 2 atom stereocenters. The van der Waals surface area contributed by atoms with E-state index in [4.69, 9.17) is 4.12 Å². The summed E-state index contributed by atoms with van der Waals surface area (Å²) >= 11 is 0. The second-order valence-corrected chi connectivity index (χ2v) is 16.4. The molecule has 0 spiro atoms. The van der Waals surface area contributed by atoms with Crippen LogP contribution in [0.5, 0.6) is 0 Å². The van der Waals surface area contributed by atoms with Crippen LogP contribution in [-0.2, 0) is 17.3 Å². The molecule has 9 nitrogen and oxygen atoms in total. The zero-order chi connectivity index (χ0) is 20.2. The molecule has 0 radical (unpaired) electrons. The minimum Gasteiger partial charge on any atom is -0.453 e. The molecule has 2 rings (SSSR count). The number of aliphatic hydroxyl groups excluding tert-OH is 2. The van der Waals surface area contributed by atoms with Crippen LogP contribution in [0.3, 0.4) is 0 Å². The maximum absolute atomic E-state index is 9.29. The van der Waals surface area contributed by atoms with E-state index in [1.54, 1.807) is 0 Å². The van der Waals surface area contributed by atoms with Gasteiger partial charge < -0.3 is 14.3 Å². The molecule has 0 aliphatic heterocycles. The lowest BCUT2D eigenvalue weighted by Crippen LogP contribution is -2.54. The largest absolute Gasteiger partial charge is 0.453 e. The van der Waals surface area contributed by atoms with Crippen LogP contribution >= 0.6 is 0 Å². The Bertz CT molecular complexity index is 673. The maximum Gasteiger partial charge on any atom is 0.198 e. The lowest BCUT2D eigenvalue weighted by atomic mass is 10.4. The Hall–Kier alpha value is -1.41. The first-order valence-electron chi connectivity index (χ1n) is 9.41. The van der Waals surface area contributed by atoms with E-state index in [1.807, 2.05) is 21.8 Å². The van der Waals surface area contributed by atoms with Crippen molar-refractivity contribution in [3.63, 3.8) is 0 Å². The van der Waals surface area contributed by atoms with E-state index in [9.17, 15) is 10.2 Å². The van der Waals surface area contributed by atoms with Gasteiger partial charge in [-0.05, 0) is 39.0 Å². The summed E-state index contributed by atoms with van der Waals surface area (Å²) in [5.74, 6) is 0. The van der Waals surface area contributed by atoms with Crippen molar-refractivity contribution in [1.82, 2.24) is 30.0 Å². The van der Waals surface area contributed by atoms with Gasteiger partial charge >= 0.3 is 0 Å². The first kappa shape index (κ1) is 21.9. The Morgan fingerprint density at radius 3 is 1.48 bits per heavy atom. The summed E-state index contributed by atoms with van der Waals surface area (Å²) in [6.45, 7) is 12.9. The summed E-state index contributed by atoms with van der Waals surface area (Å²) in [5, 5.41) is 35.0. The number of aliphatic hydroxyl groups is 2. The zero-order valence-electron chi connectivity index (χ0n) is 17.1. The van der Waals surface area contributed by atoms with Crippen LogP contribution in [0.4, 0.5) is 0 Å². The highest BCUT2D eigenvalue weighted by Crippen LogP contribution is 2.33. The molecule has 2 unspecified atom stereocenters. The summed E-state index contributed by atoms with van der Waals surface area (Å²) in [4.78, 5) is 0. The summed E-state index contributed by atoms with van der Waals surface area (Å²) in [7, 11) is -4.38. The van der Waals surface area contributed by atoms with Crippen molar-refractivity contribution >= 4 is 16.6 Å². The van der Waals surface area contributed by atoms with Crippen molar-refractivity contribution in [1.29, 1.82) is 0 Å². The van der Waals surface area contributed by atoms with E-state index in [2.05, 4.69) is 60.7 Å². The van der Waals surface area contributed by atoms with Gasteiger partial charge in [-0.1, -0.05) is 24.3 Å². The molecule has 0 aromatic carbocycles. The molecule has 27 heavy (non-hydrogen) atoms. The van der Waals surface area contributed by atoms with Crippen LogP contribution in [0, 0.1) is 0 Å². The maximum atomic E-state index is 9.29. The topological polar surface area (TPSA) is 111 Å². The number of nitrogens with zero attached hydrogens (tertiary/aromatic N) is 6. The second kappa shape index (κ2) is 8.73. The van der Waals surface area contributed by atoms with Gasteiger partial charge in [-0.15, -0.1) is 10.2 Å². The Kier molecular flexibility index (Phi) is 7.08. The minimum absolute atomic E-state index is 0.114. The molecule has 2 aromatic heterocycles. The number of rotatable bonds is 10. The lowest BCUT2D eigenvalue weighted by Gasteiger charge is -2.41. The van der Waals surface area contributed by atoms with Crippen molar-refractivity contribution in [3.05, 3.63) is 23.8 Å². The monoisotopic (exact) mass is 412 g/mol. The van der Waals surface area contributed by atoms with Gasteiger partial charge in [0.25, 0.3) is 0 Å². The quantitative estimate of drug-likeness (QED) is 0.574. The van der Waals surface area contributed by atoms with Crippen molar-refractivity contribution < 1.29 is 14.3 Å². The average molecular weight is 413 g/mol. The van der Waals surface area contributed by atoms with Gasteiger partial charge in [0.05, 0.1) is 36.9 Å². The molecular formula is C16H32N6O3Si2. The predicted molar refractivity (Wildman–Crippen MR) is 107 cm³/mol. The molecule has 0 aliphatic rings. The third kappa shape index (κ3) is 4.90. The Morgan fingerprint density at radius 1 is 0.852 bits per heavy atom. The summed E-state index contributed by atoms with van der Waals surface area (Å²) < 4.78 is 10.6. The number of aromatic nitrogens is 6. The van der Waals surface area contributed by atoms with Gasteiger partial charge in [-0.25, -0.2) is 9.36 Å². The van der Waals surface area contributed by atoms with Gasteiger partial charge in [-0.2, -0.15) is 0 Å². The fraction of sp³-hybridized carbons (Fsp3) is 0.750. The average Bonchev–Trinajstić information content (AvgIpc) is 3.24. The molecule has 0 bridgehead atoms. The van der Waals surface area contributed by atoms with E-state index in [-0.39, 0.29) is 24.5 Å². The minimum atomic E-state index is -2.19. The predicted octanol–water partition coefficient (Wildman–Crippen LogP) is 1.96. The van der Waals surface area contributed by atoms with Crippen LogP contribution in [0.1, 0.15) is 49.4 Å². The highest BCUT2D eigenvalue weighted by atomic mass is 28.4. The van der Waals surface area contributed by atoms with Gasteiger partial charge in [0.15, 0.2) is 16.6 Å². The molecule has 2 aromatic rings. The number of hydrogen-bond donors (Lipinski definition) is 2. The third-order valence-electron chi connectivity index (χ3n) is 4.98. The molecule has 2 heterocycles. The molecule has 0 saturated heterocycles. The molecule has 2 N–H and O–H groups in total. The van der Waals surface area contributed by atoms with Crippen molar-refractivity contribution in [2.45, 2.75) is 77.4 Å². The van der Waals surface area contributed by atoms with E-state index in [0.717, 1.165) is 12.8 Å². The molecule has 0 fully saturated rings. The van der Waals surface area contributed by atoms with Crippen molar-refractivity contribution in [2.24, 2.45) is 0 Å². The summed E-state index contributed by atoms with van der Waals surface area (Å²) in [5.41, 5.74) is 1.39. The lowest BCUT2D eigenvalue weighted by molar-refractivity contribution is 0.276. The first-order valence-corrected chi connectivity index (χ1v) is 15.4. The Labute approximate surface area is 162 Å². The highest BCUT2D eigenvalue weighted by Gasteiger charge is 2.44. The standard InChI is InChI=1S/C16H32N6O3Si2/c1-7-15(21-9-13(11-23)17-19-21)26(3,4)25-27(5,6)16(8-2)22-10-14(12-24)18-20-22/h9-10,15-16,23-24H,7-8,11-12H2,1-6H3. The Morgan fingerprint density at radius 2 is 1.22 bits per heavy atom. The third-order valence-corrected chi connectivity index (χ3v) is 13.7. The van der Waals surface area contributed by atoms with Crippen LogP contribution in [0.15, 0.2) is 12.4 Å². The molecule has 0 saturated carbocycles. The molecule has 11 heteroatoms. The van der Waals surface area contributed by atoms with Crippen LogP contribution in [0.25, 0.3) is 0 Å². The molecule has 0 aliphatic carbocycles. The second-order valence-electron chi connectivity index (χ2n) is 7.85. The SMILES string of the molecule is CCC(n1cc(CO)nn1)[Si](C)(C)O[Si](C)(C)C(CC)n1cc(CO)nn1. The summed E-state index contributed by atoms with van der Waals surface area (Å²) in [6.07, 6.45) is 5.38. The Balaban J connectivity index is 2.25. The number of hydrogen-bond acceptors (Lipinski definition) is 7. The van der Waals surface area contributed by atoms with Crippen LogP contribution < -0.4 is 0 Å². The van der Waals surface area contributed by atoms with Crippen molar-refractivity contribution in [3.8, 4) is 0 Å². The van der Waals surface area contributed by atoms with Crippen molar-refractivity contribution in [2.75, 3.05) is 0 Å². The fourth-order valence-electron chi connectivity index (χ4n) is 3.88. The highest BCUT2D eigenvalue weighted by molar-refractivity contribution is 6.85. The molecular weight excluding hydrogens is 380 g/mol. The fourth-order valence-corrected chi connectivity index (χ4v) is 13.9. The van der Waals surface area contributed by atoms with Crippen LogP contribution in [0.2, 0.25) is 26.2 Å². The van der Waals surface area contributed by atoms with Gasteiger partial charge in [0.2, 0.25) is 0 Å². The van der Waals surface area contributed by atoms with E-state index in [0.29, 0.717) is 11.4 Å².